The van der Waals surface area contributed by atoms with Crippen LogP contribution in [0.1, 0.15) is 0 Å². The van der Waals surface area contributed by atoms with Gasteiger partial charge in [0.15, 0.2) is 17.5 Å². The Bertz CT molecular complexity index is 2860. The fraction of sp³-hybridized carbons (Fsp3) is 0. The molecule has 0 saturated carbocycles. The Kier molecular flexibility index (Phi) is 6.64. The molecule has 0 aliphatic rings. The number of benzene rings is 7. The van der Waals surface area contributed by atoms with E-state index in [4.69, 9.17) is 19.4 Å². The number of hydrogen-bond donors (Lipinski definition) is 0. The summed E-state index contributed by atoms with van der Waals surface area (Å²) in [4.78, 5) is 15.3. The van der Waals surface area contributed by atoms with Crippen LogP contribution < -0.4 is 0 Å². The zero-order chi connectivity index (χ0) is 33.0. The Labute approximate surface area is 292 Å². The molecule has 0 fully saturated rings. The first-order valence-electron chi connectivity index (χ1n) is 16.6. The van der Waals surface area contributed by atoms with E-state index in [1.165, 1.54) is 20.2 Å². The molecule has 50 heavy (non-hydrogen) atoms. The average Bonchev–Trinajstić information content (AvgIpc) is 3.76. The van der Waals surface area contributed by atoms with Crippen molar-refractivity contribution in [3.63, 3.8) is 0 Å². The lowest BCUT2D eigenvalue weighted by atomic mass is 9.95. The second kappa shape index (κ2) is 11.6. The molecule has 234 valence electrons. The van der Waals surface area contributed by atoms with Crippen LogP contribution in [0.5, 0.6) is 0 Å². The van der Waals surface area contributed by atoms with Crippen LogP contribution >= 0.6 is 11.3 Å². The van der Waals surface area contributed by atoms with Gasteiger partial charge < -0.3 is 4.42 Å². The first-order chi connectivity index (χ1) is 24.8. The molecule has 10 aromatic rings. The van der Waals surface area contributed by atoms with E-state index in [0.717, 1.165) is 60.9 Å². The monoisotopic (exact) mass is 657 g/mol. The van der Waals surface area contributed by atoms with Crippen LogP contribution in [-0.2, 0) is 0 Å². The van der Waals surface area contributed by atoms with Crippen LogP contribution in [0, 0.1) is 0 Å². The van der Waals surface area contributed by atoms with E-state index in [-0.39, 0.29) is 0 Å². The fourth-order valence-corrected chi connectivity index (χ4v) is 8.12. The molecule has 0 aliphatic heterocycles. The molecule has 3 aromatic heterocycles. The summed E-state index contributed by atoms with van der Waals surface area (Å²) in [6.45, 7) is 0. The topological polar surface area (TPSA) is 51.8 Å². The molecule has 0 unspecified atom stereocenters. The molecule has 0 bridgehead atoms. The summed E-state index contributed by atoms with van der Waals surface area (Å²) in [5, 5.41) is 4.52. The predicted octanol–water partition coefficient (Wildman–Crippen LogP) is 12.5. The fourth-order valence-electron chi connectivity index (χ4n) is 6.91. The van der Waals surface area contributed by atoms with Crippen molar-refractivity contribution < 1.29 is 4.42 Å². The highest BCUT2D eigenvalue weighted by molar-refractivity contribution is 7.26. The van der Waals surface area contributed by atoms with E-state index >= 15 is 0 Å². The molecule has 0 spiro atoms. The van der Waals surface area contributed by atoms with E-state index in [9.17, 15) is 0 Å². The lowest BCUT2D eigenvalue weighted by Gasteiger charge is -2.09. The summed E-state index contributed by atoms with van der Waals surface area (Å²) in [7, 11) is 0. The van der Waals surface area contributed by atoms with Crippen LogP contribution in [0.4, 0.5) is 0 Å². The van der Waals surface area contributed by atoms with Gasteiger partial charge in [0.25, 0.3) is 0 Å². The molecule has 0 amide bonds. The Morgan fingerprint density at radius 1 is 0.380 bits per heavy atom. The predicted molar refractivity (Wildman–Crippen MR) is 207 cm³/mol. The van der Waals surface area contributed by atoms with Crippen molar-refractivity contribution in [2.45, 2.75) is 0 Å². The molecule has 3 heterocycles. The zero-order valence-corrected chi connectivity index (χ0v) is 27.6. The minimum Gasteiger partial charge on any atom is -0.455 e. The Morgan fingerprint density at radius 2 is 1.00 bits per heavy atom. The average molecular weight is 658 g/mol. The molecule has 0 N–H and O–H groups in total. The Hall–Kier alpha value is -6.43. The number of rotatable bonds is 5. The van der Waals surface area contributed by atoms with E-state index in [1.807, 2.05) is 48.5 Å². The summed E-state index contributed by atoms with van der Waals surface area (Å²) in [6, 6.07) is 56.8. The molecular weight excluding hydrogens is 631 g/mol. The van der Waals surface area contributed by atoms with Crippen LogP contribution in [0.15, 0.2) is 168 Å². The first-order valence-corrected chi connectivity index (χ1v) is 17.4. The van der Waals surface area contributed by atoms with Crippen molar-refractivity contribution in [1.29, 1.82) is 0 Å². The molecule has 0 aliphatic carbocycles. The normalized spacial score (nSPS) is 11.6. The van der Waals surface area contributed by atoms with Crippen LogP contribution in [0.25, 0.3) is 98.5 Å². The largest absolute Gasteiger partial charge is 0.455 e. The molecule has 0 saturated heterocycles. The second-order valence-electron chi connectivity index (χ2n) is 12.4. The van der Waals surface area contributed by atoms with E-state index in [1.54, 1.807) is 11.3 Å². The maximum Gasteiger partial charge on any atom is 0.165 e. The molecule has 0 atom stereocenters. The maximum absolute atomic E-state index is 6.63. The maximum atomic E-state index is 6.63. The van der Waals surface area contributed by atoms with Crippen molar-refractivity contribution in [2.75, 3.05) is 0 Å². The summed E-state index contributed by atoms with van der Waals surface area (Å²) in [6.07, 6.45) is 0. The molecule has 7 aromatic carbocycles. The lowest BCUT2D eigenvalue weighted by molar-refractivity contribution is 0.670. The minimum absolute atomic E-state index is 0.616. The minimum atomic E-state index is 0.616. The van der Waals surface area contributed by atoms with E-state index in [0.29, 0.717) is 17.5 Å². The van der Waals surface area contributed by atoms with Crippen LogP contribution in [0.2, 0.25) is 0 Å². The van der Waals surface area contributed by atoms with Gasteiger partial charge >= 0.3 is 0 Å². The summed E-state index contributed by atoms with van der Waals surface area (Å²) >= 11 is 1.78. The van der Waals surface area contributed by atoms with Gasteiger partial charge in [-0.3, -0.25) is 0 Å². The first kappa shape index (κ1) is 28.6. The highest BCUT2D eigenvalue weighted by Crippen LogP contribution is 2.42. The van der Waals surface area contributed by atoms with Gasteiger partial charge in [0.2, 0.25) is 0 Å². The molecule has 5 heteroatoms. The van der Waals surface area contributed by atoms with Crippen LogP contribution in [-0.4, -0.2) is 15.0 Å². The third kappa shape index (κ3) is 4.79. The van der Waals surface area contributed by atoms with Crippen molar-refractivity contribution in [3.8, 4) is 56.4 Å². The van der Waals surface area contributed by atoms with Gasteiger partial charge in [-0.05, 0) is 59.2 Å². The molecule has 10 rings (SSSR count). The summed E-state index contributed by atoms with van der Waals surface area (Å²) in [5.74, 6) is 1.91. The number of aromatic nitrogens is 3. The quantitative estimate of drug-likeness (QED) is 0.185. The molecular formula is C45H27N3OS. The summed E-state index contributed by atoms with van der Waals surface area (Å²) in [5.41, 5.74) is 8.98. The third-order valence-electron chi connectivity index (χ3n) is 9.33. The summed E-state index contributed by atoms with van der Waals surface area (Å²) < 4.78 is 9.05. The second-order valence-corrected chi connectivity index (χ2v) is 13.5. The Morgan fingerprint density at radius 3 is 1.78 bits per heavy atom. The van der Waals surface area contributed by atoms with Crippen LogP contribution in [0.3, 0.4) is 0 Å². The van der Waals surface area contributed by atoms with Gasteiger partial charge in [0, 0.05) is 53.2 Å². The van der Waals surface area contributed by atoms with Crippen molar-refractivity contribution in [1.82, 2.24) is 15.0 Å². The van der Waals surface area contributed by atoms with E-state index in [2.05, 4.69) is 115 Å². The van der Waals surface area contributed by atoms with Gasteiger partial charge in [0.05, 0.1) is 0 Å². The number of nitrogens with zero attached hydrogens (tertiary/aromatic N) is 3. The zero-order valence-electron chi connectivity index (χ0n) is 26.7. The number of furan rings is 1. The van der Waals surface area contributed by atoms with Crippen molar-refractivity contribution in [2.24, 2.45) is 0 Å². The standard InChI is InChI=1S/C45H27N3OS/c1-4-13-28(14-5-1)32-26-36(29-15-6-2-7-16-29)41-38(27-32)37-25-31(23-24-39(37)49-41)44-46-43(30-17-8-3-9-18-30)47-45(48-44)35-21-12-20-34-33-19-10-11-22-40(33)50-42(34)35/h1-27H. The van der Waals surface area contributed by atoms with Crippen molar-refractivity contribution >= 4 is 53.4 Å². The van der Waals surface area contributed by atoms with Gasteiger partial charge in [0.1, 0.15) is 11.2 Å². The van der Waals surface area contributed by atoms with Gasteiger partial charge in [-0.2, -0.15) is 0 Å². The van der Waals surface area contributed by atoms with Gasteiger partial charge in [-0.15, -0.1) is 11.3 Å². The van der Waals surface area contributed by atoms with Gasteiger partial charge in [-0.25, -0.2) is 15.0 Å². The number of fused-ring (bicyclic) bond motifs is 6. The number of hydrogen-bond acceptors (Lipinski definition) is 5. The van der Waals surface area contributed by atoms with Gasteiger partial charge in [-0.1, -0.05) is 121 Å². The van der Waals surface area contributed by atoms with E-state index < -0.39 is 0 Å². The third-order valence-corrected chi connectivity index (χ3v) is 10.6. The smallest absolute Gasteiger partial charge is 0.165 e. The lowest BCUT2D eigenvalue weighted by Crippen LogP contribution is -2.00. The Balaban J connectivity index is 1.20. The highest BCUT2D eigenvalue weighted by Gasteiger charge is 2.19. The molecule has 0 radical (unpaired) electrons. The van der Waals surface area contributed by atoms with Crippen molar-refractivity contribution in [3.05, 3.63) is 164 Å². The highest BCUT2D eigenvalue weighted by atomic mass is 32.1. The number of thiophene rings is 1. The SMILES string of the molecule is c1ccc(-c2cc(-c3ccccc3)c3oc4ccc(-c5nc(-c6ccccc6)nc(-c6cccc7c6sc6ccccc67)n5)cc4c3c2)cc1. The molecule has 4 nitrogen and oxygen atoms in total.